The average Bonchev–Trinajstić information content (AvgIpc) is 3.10. The molecule has 2 aromatic heterocycles. The average molecular weight is 447 g/mol. The summed E-state index contributed by atoms with van der Waals surface area (Å²) in [6, 6.07) is 6.28. The van der Waals surface area contributed by atoms with E-state index < -0.39 is 0 Å². The van der Waals surface area contributed by atoms with Crippen LogP contribution in [0.5, 0.6) is 0 Å². The summed E-state index contributed by atoms with van der Waals surface area (Å²) in [4.78, 5) is 5.88. The highest BCUT2D eigenvalue weighted by Crippen LogP contribution is 2.09. The van der Waals surface area contributed by atoms with Crippen molar-refractivity contribution in [2.45, 2.75) is 40.3 Å². The Kier molecular flexibility index (Phi) is 9.23. The number of aliphatic imine (C=N–C) groups is 1. The molecule has 2 aromatic rings. The van der Waals surface area contributed by atoms with Crippen LogP contribution in [0, 0.1) is 13.8 Å². The van der Waals surface area contributed by atoms with E-state index in [4.69, 9.17) is 0 Å². The van der Waals surface area contributed by atoms with Crippen molar-refractivity contribution >= 4 is 41.3 Å². The molecule has 5 nitrogen and oxygen atoms in total. The fraction of sp³-hybridized carbons (Fsp3) is 0.500. The number of aromatic nitrogens is 2. The Labute approximate surface area is 159 Å². The number of aryl methyl sites for hydroxylation is 3. The van der Waals surface area contributed by atoms with Gasteiger partial charge in [0.2, 0.25) is 0 Å². The summed E-state index contributed by atoms with van der Waals surface area (Å²) >= 11 is 1.74. The Morgan fingerprint density at radius 3 is 2.78 bits per heavy atom. The molecule has 0 fully saturated rings. The molecule has 0 aliphatic carbocycles. The lowest BCUT2D eigenvalue weighted by molar-refractivity contribution is 0.555. The van der Waals surface area contributed by atoms with Gasteiger partial charge in [-0.15, -0.1) is 35.3 Å². The van der Waals surface area contributed by atoms with Crippen molar-refractivity contribution in [1.29, 1.82) is 0 Å². The van der Waals surface area contributed by atoms with Gasteiger partial charge in [-0.2, -0.15) is 5.10 Å². The van der Waals surface area contributed by atoms with Gasteiger partial charge in [0.25, 0.3) is 0 Å². The van der Waals surface area contributed by atoms with Gasteiger partial charge in [-0.1, -0.05) is 6.07 Å². The van der Waals surface area contributed by atoms with Crippen LogP contribution >= 0.6 is 35.3 Å². The zero-order chi connectivity index (χ0) is 15.8. The van der Waals surface area contributed by atoms with Gasteiger partial charge < -0.3 is 10.6 Å². The molecule has 2 N–H and O–H groups in total. The molecule has 2 heterocycles. The lowest BCUT2D eigenvalue weighted by Crippen LogP contribution is -2.38. The minimum absolute atomic E-state index is 0. The van der Waals surface area contributed by atoms with Crippen molar-refractivity contribution in [3.05, 3.63) is 39.8 Å². The van der Waals surface area contributed by atoms with E-state index in [0.717, 1.165) is 44.3 Å². The van der Waals surface area contributed by atoms with E-state index in [1.165, 1.54) is 10.6 Å². The van der Waals surface area contributed by atoms with Gasteiger partial charge in [0.05, 0.1) is 12.2 Å². The van der Waals surface area contributed by atoms with Crippen molar-refractivity contribution in [3.63, 3.8) is 0 Å². The molecule has 0 saturated heterocycles. The molecule has 7 heteroatoms. The number of rotatable bonds is 7. The molecule has 23 heavy (non-hydrogen) atoms. The molecule has 0 aliphatic heterocycles. The van der Waals surface area contributed by atoms with Crippen LogP contribution < -0.4 is 10.6 Å². The van der Waals surface area contributed by atoms with E-state index in [2.05, 4.69) is 62.8 Å². The highest BCUT2D eigenvalue weighted by molar-refractivity contribution is 14.0. The van der Waals surface area contributed by atoms with Crippen LogP contribution in [-0.2, 0) is 13.1 Å². The molecule has 0 atom stereocenters. The molecular weight excluding hydrogens is 421 g/mol. The van der Waals surface area contributed by atoms with Gasteiger partial charge in [-0.3, -0.25) is 4.68 Å². The van der Waals surface area contributed by atoms with Gasteiger partial charge in [-0.25, -0.2) is 4.99 Å². The van der Waals surface area contributed by atoms with Gasteiger partial charge in [0.15, 0.2) is 5.96 Å². The van der Waals surface area contributed by atoms with Gasteiger partial charge in [-0.05, 0) is 44.7 Å². The summed E-state index contributed by atoms with van der Waals surface area (Å²) in [5.41, 5.74) is 2.30. The zero-order valence-corrected chi connectivity index (χ0v) is 17.1. The Morgan fingerprint density at radius 1 is 1.35 bits per heavy atom. The third-order valence-electron chi connectivity index (χ3n) is 3.26. The smallest absolute Gasteiger partial charge is 0.191 e. The lowest BCUT2D eigenvalue weighted by atomic mass is 10.4. The summed E-state index contributed by atoms with van der Waals surface area (Å²) in [6.45, 7) is 9.62. The van der Waals surface area contributed by atoms with Crippen LogP contribution in [-0.4, -0.2) is 28.8 Å². The van der Waals surface area contributed by atoms with E-state index >= 15 is 0 Å². The summed E-state index contributed by atoms with van der Waals surface area (Å²) < 4.78 is 2.06. The predicted molar refractivity (Wildman–Crippen MR) is 109 cm³/mol. The molecule has 0 bridgehead atoms. The number of guanidine groups is 1. The molecular formula is C16H26IN5S. The molecule has 0 unspecified atom stereocenters. The summed E-state index contributed by atoms with van der Waals surface area (Å²) in [6.07, 6.45) is 1.02. The van der Waals surface area contributed by atoms with Crippen molar-refractivity contribution in [2.75, 3.05) is 13.1 Å². The number of hydrogen-bond acceptors (Lipinski definition) is 3. The second-order valence-corrected chi connectivity index (χ2v) is 6.24. The number of nitrogens with zero attached hydrogens (tertiary/aromatic N) is 3. The Bertz CT molecular complexity index is 592. The third-order valence-corrected chi connectivity index (χ3v) is 4.12. The highest BCUT2D eigenvalue weighted by Gasteiger charge is 2.01. The Morgan fingerprint density at radius 2 is 2.17 bits per heavy atom. The highest BCUT2D eigenvalue weighted by atomic mass is 127. The fourth-order valence-corrected chi connectivity index (χ4v) is 2.87. The van der Waals surface area contributed by atoms with Crippen LogP contribution in [0.15, 0.2) is 28.6 Å². The monoisotopic (exact) mass is 447 g/mol. The first-order valence-electron chi connectivity index (χ1n) is 7.74. The van der Waals surface area contributed by atoms with Crippen molar-refractivity contribution in [1.82, 2.24) is 20.4 Å². The summed E-state index contributed by atoms with van der Waals surface area (Å²) in [5.74, 6) is 0.879. The van der Waals surface area contributed by atoms with E-state index in [1.807, 2.05) is 6.92 Å². The molecule has 0 spiro atoms. The number of thiophene rings is 1. The van der Waals surface area contributed by atoms with Crippen molar-refractivity contribution in [2.24, 2.45) is 4.99 Å². The van der Waals surface area contributed by atoms with E-state index in [9.17, 15) is 0 Å². The number of halogens is 1. The van der Waals surface area contributed by atoms with Crippen LogP contribution in [0.1, 0.15) is 29.6 Å². The predicted octanol–water partition coefficient (Wildman–Crippen LogP) is 3.32. The van der Waals surface area contributed by atoms with Crippen LogP contribution in [0.25, 0.3) is 0 Å². The van der Waals surface area contributed by atoms with E-state index in [0.29, 0.717) is 0 Å². The van der Waals surface area contributed by atoms with E-state index in [-0.39, 0.29) is 24.0 Å². The largest absolute Gasteiger partial charge is 0.357 e. The fourth-order valence-electron chi connectivity index (χ4n) is 2.24. The first-order valence-corrected chi connectivity index (χ1v) is 8.62. The van der Waals surface area contributed by atoms with Crippen LogP contribution in [0.4, 0.5) is 0 Å². The SMILES string of the molecule is CCNC(=NCc1cccs1)NCCCn1nc(C)cc1C.I. The van der Waals surface area contributed by atoms with Crippen LogP contribution in [0.3, 0.4) is 0 Å². The standard InChI is InChI=1S/C16H25N5S.HI/c1-4-17-16(19-12-15-7-5-10-22-15)18-8-6-9-21-14(3)11-13(2)20-21;/h5,7,10-11H,4,6,8-9,12H2,1-3H3,(H2,17,18,19);1H. The van der Waals surface area contributed by atoms with Gasteiger partial charge in [0.1, 0.15) is 0 Å². The molecule has 0 saturated carbocycles. The topological polar surface area (TPSA) is 54.2 Å². The summed E-state index contributed by atoms with van der Waals surface area (Å²) in [5, 5.41) is 13.2. The maximum Gasteiger partial charge on any atom is 0.191 e. The minimum atomic E-state index is 0. The lowest BCUT2D eigenvalue weighted by Gasteiger charge is -2.11. The van der Waals surface area contributed by atoms with Gasteiger partial charge >= 0.3 is 0 Å². The maximum absolute atomic E-state index is 4.60. The molecule has 0 aromatic carbocycles. The Balaban J connectivity index is 0.00000264. The second-order valence-electron chi connectivity index (χ2n) is 5.21. The summed E-state index contributed by atoms with van der Waals surface area (Å²) in [7, 11) is 0. The number of hydrogen-bond donors (Lipinski definition) is 2. The first-order chi connectivity index (χ1) is 10.7. The molecule has 0 amide bonds. The Hall–Kier alpha value is -1.09. The molecule has 0 aliphatic rings. The van der Waals surface area contributed by atoms with Crippen molar-refractivity contribution < 1.29 is 0 Å². The molecule has 0 radical (unpaired) electrons. The number of nitrogens with one attached hydrogen (secondary N) is 2. The minimum Gasteiger partial charge on any atom is -0.357 e. The molecule has 128 valence electrons. The second kappa shape index (κ2) is 10.6. The third kappa shape index (κ3) is 6.90. The first kappa shape index (κ1) is 20.0. The molecule has 2 rings (SSSR count). The van der Waals surface area contributed by atoms with E-state index in [1.54, 1.807) is 11.3 Å². The van der Waals surface area contributed by atoms with Gasteiger partial charge in [0, 0.05) is 30.2 Å². The quantitative estimate of drug-likeness (QED) is 0.296. The zero-order valence-electron chi connectivity index (χ0n) is 14.0. The van der Waals surface area contributed by atoms with Crippen LogP contribution in [0.2, 0.25) is 0 Å². The maximum atomic E-state index is 4.60. The van der Waals surface area contributed by atoms with Crippen molar-refractivity contribution in [3.8, 4) is 0 Å². The normalized spacial score (nSPS) is 11.2.